The maximum absolute atomic E-state index is 12.8. The van der Waals surface area contributed by atoms with Crippen molar-refractivity contribution < 1.29 is 4.79 Å². The molecule has 2 atom stereocenters. The molecular weight excluding hydrogens is 236 g/mol. The Morgan fingerprint density at radius 1 is 1.21 bits per heavy atom. The predicted molar refractivity (Wildman–Crippen MR) is 76.5 cm³/mol. The molecule has 2 aliphatic carbocycles. The molecule has 3 heteroatoms. The number of carbonyl (C=O) groups is 1. The van der Waals surface area contributed by atoms with E-state index >= 15 is 0 Å². The van der Waals surface area contributed by atoms with Crippen LogP contribution in [-0.2, 0) is 4.79 Å². The second-order valence-corrected chi connectivity index (χ2v) is 7.11. The lowest BCUT2D eigenvalue weighted by molar-refractivity contribution is -0.134. The van der Waals surface area contributed by atoms with Crippen LogP contribution in [0.4, 0.5) is 0 Å². The number of rotatable bonds is 6. The molecule has 3 aliphatic rings. The highest BCUT2D eigenvalue weighted by Gasteiger charge is 2.52. The van der Waals surface area contributed by atoms with Crippen molar-refractivity contribution in [2.45, 2.75) is 77.5 Å². The van der Waals surface area contributed by atoms with Crippen molar-refractivity contribution in [3.63, 3.8) is 0 Å². The van der Waals surface area contributed by atoms with E-state index in [0.717, 1.165) is 24.7 Å². The van der Waals surface area contributed by atoms with Crippen LogP contribution in [0.2, 0.25) is 0 Å². The molecule has 0 aromatic carbocycles. The van der Waals surface area contributed by atoms with E-state index < -0.39 is 0 Å². The predicted octanol–water partition coefficient (Wildman–Crippen LogP) is 2.76. The molecule has 0 spiro atoms. The summed E-state index contributed by atoms with van der Waals surface area (Å²) in [6.45, 7) is 6.65. The Balaban J connectivity index is 1.80. The van der Waals surface area contributed by atoms with Crippen molar-refractivity contribution in [2.24, 2.45) is 17.8 Å². The van der Waals surface area contributed by atoms with E-state index in [1.54, 1.807) is 0 Å². The topological polar surface area (TPSA) is 32.3 Å². The molecule has 0 radical (unpaired) electrons. The minimum Gasteiger partial charge on any atom is -0.322 e. The first-order chi connectivity index (χ1) is 9.13. The van der Waals surface area contributed by atoms with Gasteiger partial charge >= 0.3 is 0 Å². The van der Waals surface area contributed by atoms with E-state index in [0.29, 0.717) is 17.9 Å². The van der Waals surface area contributed by atoms with Gasteiger partial charge in [0.05, 0.1) is 12.2 Å². The van der Waals surface area contributed by atoms with Crippen LogP contribution in [-0.4, -0.2) is 29.1 Å². The summed E-state index contributed by atoms with van der Waals surface area (Å²) in [6.07, 6.45) is 7.71. The third kappa shape index (κ3) is 2.54. The molecule has 0 aromatic rings. The third-order valence-corrected chi connectivity index (χ3v) is 4.96. The van der Waals surface area contributed by atoms with Crippen LogP contribution in [0.3, 0.4) is 0 Å². The number of hydrogen-bond donors (Lipinski definition) is 1. The number of nitrogens with zero attached hydrogens (tertiary/aromatic N) is 1. The Kier molecular flexibility index (Phi) is 3.59. The van der Waals surface area contributed by atoms with Gasteiger partial charge in [0.25, 0.3) is 0 Å². The van der Waals surface area contributed by atoms with Crippen molar-refractivity contribution in [3.05, 3.63) is 0 Å². The minimum absolute atomic E-state index is 0.0809. The molecule has 3 nitrogen and oxygen atoms in total. The number of carbonyl (C=O) groups excluding carboxylic acids is 1. The van der Waals surface area contributed by atoms with E-state index in [4.69, 9.17) is 0 Å². The summed E-state index contributed by atoms with van der Waals surface area (Å²) in [5.41, 5.74) is 0. The number of hydrogen-bond acceptors (Lipinski definition) is 2. The SMILES string of the molecule is CCCC1NC(C(C)C)N(C(C2CC2)C2CC2)C1=O. The summed E-state index contributed by atoms with van der Waals surface area (Å²) in [6, 6.07) is 0.631. The second-order valence-electron chi connectivity index (χ2n) is 7.11. The Labute approximate surface area is 117 Å². The quantitative estimate of drug-likeness (QED) is 0.800. The highest BCUT2D eigenvalue weighted by molar-refractivity contribution is 5.84. The van der Waals surface area contributed by atoms with Crippen LogP contribution in [0.15, 0.2) is 0 Å². The minimum atomic E-state index is 0.0809. The van der Waals surface area contributed by atoms with E-state index in [1.807, 2.05) is 0 Å². The first kappa shape index (κ1) is 13.4. The fourth-order valence-corrected chi connectivity index (χ4v) is 3.73. The van der Waals surface area contributed by atoms with Crippen molar-refractivity contribution in [1.29, 1.82) is 0 Å². The Hall–Kier alpha value is -0.570. The van der Waals surface area contributed by atoms with E-state index in [1.165, 1.54) is 25.7 Å². The van der Waals surface area contributed by atoms with Crippen LogP contribution in [0.25, 0.3) is 0 Å². The molecule has 1 heterocycles. The molecule has 1 saturated heterocycles. The smallest absolute Gasteiger partial charge is 0.241 e. The summed E-state index contributed by atoms with van der Waals surface area (Å²) < 4.78 is 0. The van der Waals surface area contributed by atoms with Gasteiger partial charge in [-0.15, -0.1) is 0 Å². The van der Waals surface area contributed by atoms with Gasteiger partial charge in [-0.1, -0.05) is 27.2 Å². The Bertz CT molecular complexity index is 335. The third-order valence-electron chi connectivity index (χ3n) is 4.96. The molecule has 3 fully saturated rings. The Morgan fingerprint density at radius 2 is 1.79 bits per heavy atom. The van der Waals surface area contributed by atoms with Gasteiger partial charge in [0, 0.05) is 6.04 Å². The molecule has 108 valence electrons. The molecule has 1 aliphatic heterocycles. The maximum atomic E-state index is 12.8. The maximum Gasteiger partial charge on any atom is 0.241 e. The van der Waals surface area contributed by atoms with Gasteiger partial charge in [-0.3, -0.25) is 10.1 Å². The van der Waals surface area contributed by atoms with Crippen LogP contribution in [0, 0.1) is 17.8 Å². The lowest BCUT2D eigenvalue weighted by atomic mass is 10.0. The summed E-state index contributed by atoms with van der Waals surface area (Å²) >= 11 is 0. The molecule has 1 amide bonds. The van der Waals surface area contributed by atoms with Crippen molar-refractivity contribution in [3.8, 4) is 0 Å². The standard InChI is InChI=1S/C16H28N2O/c1-4-5-13-16(19)18(15(17-13)10(2)3)14(11-6-7-11)12-8-9-12/h10-15,17H,4-9H2,1-3H3. The average molecular weight is 264 g/mol. The van der Waals surface area contributed by atoms with Crippen LogP contribution < -0.4 is 5.32 Å². The normalized spacial score (nSPS) is 31.8. The number of nitrogens with one attached hydrogen (secondary N) is 1. The molecule has 1 N–H and O–H groups in total. The molecule has 0 bridgehead atoms. The summed E-state index contributed by atoms with van der Waals surface area (Å²) in [4.78, 5) is 15.1. The van der Waals surface area contributed by atoms with Gasteiger partial charge in [0.2, 0.25) is 5.91 Å². The summed E-state index contributed by atoms with van der Waals surface area (Å²) in [7, 11) is 0. The van der Waals surface area contributed by atoms with Crippen LogP contribution in [0.1, 0.15) is 59.3 Å². The van der Waals surface area contributed by atoms with Crippen molar-refractivity contribution >= 4 is 5.91 Å². The first-order valence-electron chi connectivity index (χ1n) is 8.21. The van der Waals surface area contributed by atoms with Crippen molar-refractivity contribution in [2.75, 3.05) is 0 Å². The van der Waals surface area contributed by atoms with Gasteiger partial charge in [0.1, 0.15) is 0 Å². The average Bonchev–Trinajstić information content (AvgIpc) is 3.24. The molecule has 2 saturated carbocycles. The largest absolute Gasteiger partial charge is 0.322 e. The lowest BCUT2D eigenvalue weighted by Gasteiger charge is -2.35. The molecular formula is C16H28N2O. The molecule has 19 heavy (non-hydrogen) atoms. The first-order valence-corrected chi connectivity index (χ1v) is 8.21. The molecule has 2 unspecified atom stereocenters. The van der Waals surface area contributed by atoms with E-state index in [-0.39, 0.29) is 12.2 Å². The lowest BCUT2D eigenvalue weighted by Crippen LogP contribution is -2.49. The van der Waals surface area contributed by atoms with Gasteiger partial charge < -0.3 is 4.90 Å². The highest BCUT2D eigenvalue weighted by Crippen LogP contribution is 2.48. The molecule has 3 rings (SSSR count). The number of amides is 1. The zero-order chi connectivity index (χ0) is 13.6. The van der Waals surface area contributed by atoms with Crippen molar-refractivity contribution in [1.82, 2.24) is 10.2 Å². The summed E-state index contributed by atoms with van der Waals surface area (Å²) in [5, 5.41) is 3.61. The zero-order valence-corrected chi connectivity index (χ0v) is 12.6. The van der Waals surface area contributed by atoms with Crippen LogP contribution >= 0.6 is 0 Å². The fourth-order valence-electron chi connectivity index (χ4n) is 3.73. The van der Waals surface area contributed by atoms with Crippen LogP contribution in [0.5, 0.6) is 0 Å². The van der Waals surface area contributed by atoms with Gasteiger partial charge in [-0.05, 0) is 49.9 Å². The van der Waals surface area contributed by atoms with Gasteiger partial charge in [-0.25, -0.2) is 0 Å². The zero-order valence-electron chi connectivity index (χ0n) is 12.6. The second kappa shape index (κ2) is 5.08. The molecule has 0 aromatic heterocycles. The highest BCUT2D eigenvalue weighted by atomic mass is 16.2. The monoisotopic (exact) mass is 264 g/mol. The van der Waals surface area contributed by atoms with Gasteiger partial charge in [0.15, 0.2) is 0 Å². The summed E-state index contributed by atoms with van der Waals surface area (Å²) in [5.74, 6) is 2.51. The Morgan fingerprint density at radius 3 is 2.21 bits per heavy atom. The fraction of sp³-hybridized carbons (Fsp3) is 0.938. The van der Waals surface area contributed by atoms with E-state index in [2.05, 4.69) is 31.0 Å². The van der Waals surface area contributed by atoms with Gasteiger partial charge in [-0.2, -0.15) is 0 Å². The van der Waals surface area contributed by atoms with E-state index in [9.17, 15) is 4.79 Å².